The first-order valence-electron chi connectivity index (χ1n) is 6.45. The SMILES string of the molecule is CCOC(=O)C(C)(Cc1c[nH]c2cc(F)ccc12)[N+](=O)[O-]. The van der Waals surface area contributed by atoms with Gasteiger partial charge in [0.05, 0.1) is 13.0 Å². The van der Waals surface area contributed by atoms with Crippen LogP contribution in [0.2, 0.25) is 0 Å². The van der Waals surface area contributed by atoms with E-state index in [0.717, 1.165) is 0 Å². The van der Waals surface area contributed by atoms with E-state index < -0.39 is 22.2 Å². The maximum Gasteiger partial charge on any atom is 0.384 e. The fourth-order valence-corrected chi connectivity index (χ4v) is 2.17. The van der Waals surface area contributed by atoms with Crippen molar-refractivity contribution in [3.8, 4) is 0 Å². The van der Waals surface area contributed by atoms with Crippen molar-refractivity contribution in [2.75, 3.05) is 6.61 Å². The topological polar surface area (TPSA) is 85.2 Å². The zero-order chi connectivity index (χ0) is 15.6. The second kappa shape index (κ2) is 5.51. The Labute approximate surface area is 120 Å². The average Bonchev–Trinajstić information content (AvgIpc) is 2.80. The number of aromatic nitrogens is 1. The Morgan fingerprint density at radius 1 is 1.52 bits per heavy atom. The summed E-state index contributed by atoms with van der Waals surface area (Å²) in [5.41, 5.74) is -0.781. The first-order valence-corrected chi connectivity index (χ1v) is 6.45. The van der Waals surface area contributed by atoms with Crippen LogP contribution in [0.1, 0.15) is 19.4 Å². The van der Waals surface area contributed by atoms with Crippen LogP contribution in [-0.2, 0) is 16.0 Å². The zero-order valence-electron chi connectivity index (χ0n) is 11.7. The van der Waals surface area contributed by atoms with Crippen LogP contribution in [0.25, 0.3) is 10.9 Å². The molecule has 7 heteroatoms. The molecule has 2 rings (SSSR count). The molecule has 0 radical (unpaired) electrons. The molecule has 0 aliphatic carbocycles. The Morgan fingerprint density at radius 3 is 2.86 bits per heavy atom. The number of hydrogen-bond donors (Lipinski definition) is 1. The lowest BCUT2D eigenvalue weighted by Crippen LogP contribution is -2.46. The van der Waals surface area contributed by atoms with Crippen LogP contribution < -0.4 is 0 Å². The molecule has 0 aliphatic heterocycles. The number of aromatic amines is 1. The van der Waals surface area contributed by atoms with Crippen molar-refractivity contribution >= 4 is 16.9 Å². The molecule has 1 unspecified atom stereocenters. The molecule has 2 aromatic rings. The van der Waals surface area contributed by atoms with Gasteiger partial charge in [0, 0.05) is 28.9 Å². The van der Waals surface area contributed by atoms with Crippen molar-refractivity contribution < 1.29 is 18.8 Å². The van der Waals surface area contributed by atoms with Crippen molar-refractivity contribution in [3.05, 3.63) is 45.9 Å². The number of nitrogens with one attached hydrogen (secondary N) is 1. The number of ether oxygens (including phenoxy) is 1. The summed E-state index contributed by atoms with van der Waals surface area (Å²) in [5, 5.41) is 11.9. The standard InChI is InChI=1S/C14H15FN2O4/c1-3-21-13(18)14(2,17(19)20)7-9-8-16-12-6-10(15)4-5-11(9)12/h4-6,8,16H,3,7H2,1-2H3. The van der Waals surface area contributed by atoms with Crippen LogP contribution >= 0.6 is 0 Å². The molecule has 21 heavy (non-hydrogen) atoms. The Balaban J connectivity index is 2.40. The van der Waals surface area contributed by atoms with Gasteiger partial charge in [0.1, 0.15) is 5.82 Å². The molecule has 1 atom stereocenters. The molecule has 0 aliphatic rings. The molecule has 0 spiro atoms. The Bertz CT molecular complexity index is 697. The molecule has 0 saturated heterocycles. The third-order valence-corrected chi connectivity index (χ3v) is 3.38. The number of benzene rings is 1. The van der Waals surface area contributed by atoms with Crippen molar-refractivity contribution in [3.63, 3.8) is 0 Å². The van der Waals surface area contributed by atoms with Crippen molar-refractivity contribution in [2.24, 2.45) is 0 Å². The lowest BCUT2D eigenvalue weighted by Gasteiger charge is -2.18. The molecule has 1 aromatic carbocycles. The molecule has 1 N–H and O–H groups in total. The van der Waals surface area contributed by atoms with E-state index in [2.05, 4.69) is 4.98 Å². The van der Waals surface area contributed by atoms with E-state index in [-0.39, 0.29) is 13.0 Å². The minimum Gasteiger partial charge on any atom is -0.461 e. The molecular formula is C14H15FN2O4. The van der Waals surface area contributed by atoms with Crippen LogP contribution in [0.15, 0.2) is 24.4 Å². The van der Waals surface area contributed by atoms with Crippen LogP contribution in [0.3, 0.4) is 0 Å². The second-order valence-corrected chi connectivity index (χ2v) is 4.93. The van der Waals surface area contributed by atoms with Gasteiger partial charge in [0.25, 0.3) is 0 Å². The zero-order valence-corrected chi connectivity index (χ0v) is 11.7. The highest BCUT2D eigenvalue weighted by atomic mass is 19.1. The number of carbonyl (C=O) groups excluding carboxylic acids is 1. The fourth-order valence-electron chi connectivity index (χ4n) is 2.17. The van der Waals surface area contributed by atoms with E-state index in [1.807, 2.05) is 0 Å². The molecule has 1 aromatic heterocycles. The van der Waals surface area contributed by atoms with E-state index >= 15 is 0 Å². The van der Waals surface area contributed by atoms with Gasteiger partial charge in [0.15, 0.2) is 0 Å². The van der Waals surface area contributed by atoms with Crippen LogP contribution in [0.5, 0.6) is 0 Å². The predicted octanol–water partition coefficient (Wildman–Crippen LogP) is 2.45. The summed E-state index contributed by atoms with van der Waals surface area (Å²) in [6, 6.07) is 4.10. The number of nitro groups is 1. The van der Waals surface area contributed by atoms with E-state index in [1.54, 1.807) is 13.1 Å². The number of halogens is 1. The molecule has 6 nitrogen and oxygen atoms in total. The van der Waals surface area contributed by atoms with E-state index in [4.69, 9.17) is 4.74 Å². The lowest BCUT2D eigenvalue weighted by atomic mass is 9.93. The van der Waals surface area contributed by atoms with Gasteiger partial charge < -0.3 is 9.72 Å². The van der Waals surface area contributed by atoms with Crippen LogP contribution in [0, 0.1) is 15.9 Å². The van der Waals surface area contributed by atoms with Crippen molar-refractivity contribution in [1.29, 1.82) is 0 Å². The Morgan fingerprint density at radius 2 is 2.24 bits per heavy atom. The van der Waals surface area contributed by atoms with Crippen molar-refractivity contribution in [2.45, 2.75) is 25.8 Å². The molecule has 0 fully saturated rings. The van der Waals surface area contributed by atoms with E-state index in [0.29, 0.717) is 16.5 Å². The minimum atomic E-state index is -1.88. The third-order valence-electron chi connectivity index (χ3n) is 3.38. The normalized spacial score (nSPS) is 13.9. The molecule has 112 valence electrons. The molecule has 0 bridgehead atoms. The number of carbonyl (C=O) groups is 1. The number of rotatable bonds is 5. The van der Waals surface area contributed by atoms with Gasteiger partial charge in [-0.05, 0) is 30.7 Å². The third kappa shape index (κ3) is 2.72. The minimum absolute atomic E-state index is 0.0708. The highest BCUT2D eigenvalue weighted by Crippen LogP contribution is 2.25. The highest BCUT2D eigenvalue weighted by Gasteiger charge is 2.48. The summed E-state index contributed by atoms with van der Waals surface area (Å²) in [6.45, 7) is 2.89. The maximum atomic E-state index is 13.1. The lowest BCUT2D eigenvalue weighted by molar-refractivity contribution is -0.550. The largest absolute Gasteiger partial charge is 0.461 e. The predicted molar refractivity (Wildman–Crippen MR) is 74.0 cm³/mol. The first-order chi connectivity index (χ1) is 9.88. The van der Waals surface area contributed by atoms with E-state index in [9.17, 15) is 19.3 Å². The Kier molecular flexibility index (Phi) is 3.93. The summed E-state index contributed by atoms with van der Waals surface area (Å²) in [4.78, 5) is 25.4. The van der Waals surface area contributed by atoms with Gasteiger partial charge in [-0.15, -0.1) is 0 Å². The van der Waals surface area contributed by atoms with Gasteiger partial charge in [-0.1, -0.05) is 0 Å². The maximum absolute atomic E-state index is 13.1. The summed E-state index contributed by atoms with van der Waals surface area (Å²) in [7, 11) is 0. The van der Waals surface area contributed by atoms with Crippen LogP contribution in [0.4, 0.5) is 4.39 Å². The fraction of sp³-hybridized carbons (Fsp3) is 0.357. The molecule has 1 heterocycles. The van der Waals surface area contributed by atoms with Crippen LogP contribution in [-0.4, -0.2) is 28.0 Å². The van der Waals surface area contributed by atoms with Gasteiger partial charge in [-0.25, -0.2) is 9.18 Å². The molecular weight excluding hydrogens is 279 g/mol. The summed E-state index contributed by atoms with van der Waals surface area (Å²) in [5.74, 6) is -1.29. The summed E-state index contributed by atoms with van der Waals surface area (Å²) in [6.07, 6.45) is 1.41. The Hall–Kier alpha value is -2.44. The number of esters is 1. The smallest absolute Gasteiger partial charge is 0.384 e. The molecule has 0 saturated carbocycles. The quantitative estimate of drug-likeness (QED) is 0.521. The first kappa shape index (κ1) is 15.0. The van der Waals surface area contributed by atoms with Crippen molar-refractivity contribution in [1.82, 2.24) is 4.98 Å². The number of fused-ring (bicyclic) bond motifs is 1. The summed E-state index contributed by atoms with van der Waals surface area (Å²) < 4.78 is 17.9. The number of hydrogen-bond acceptors (Lipinski definition) is 4. The van der Waals surface area contributed by atoms with Gasteiger partial charge in [-0.2, -0.15) is 0 Å². The monoisotopic (exact) mass is 294 g/mol. The van der Waals surface area contributed by atoms with Gasteiger partial charge in [-0.3, -0.25) is 10.1 Å². The molecule has 0 amide bonds. The van der Waals surface area contributed by atoms with E-state index in [1.165, 1.54) is 25.1 Å². The average molecular weight is 294 g/mol. The number of H-pyrrole nitrogens is 1. The van der Waals surface area contributed by atoms with Gasteiger partial charge >= 0.3 is 11.5 Å². The highest BCUT2D eigenvalue weighted by molar-refractivity contribution is 5.85. The number of nitrogens with zero attached hydrogens (tertiary/aromatic N) is 1. The second-order valence-electron chi connectivity index (χ2n) is 4.93. The van der Waals surface area contributed by atoms with Gasteiger partial charge in [0.2, 0.25) is 0 Å². The summed E-state index contributed by atoms with van der Waals surface area (Å²) >= 11 is 0.